The van der Waals surface area contributed by atoms with Crippen molar-refractivity contribution in [1.82, 2.24) is 15.1 Å². The third kappa shape index (κ3) is 4.87. The van der Waals surface area contributed by atoms with E-state index < -0.39 is 0 Å². The molecule has 0 bridgehead atoms. The molecule has 2 aliphatic rings. The first-order chi connectivity index (χ1) is 12.3. The van der Waals surface area contributed by atoms with Crippen molar-refractivity contribution in [2.45, 2.75) is 39.3 Å². The third-order valence-corrected chi connectivity index (χ3v) is 5.12. The summed E-state index contributed by atoms with van der Waals surface area (Å²) >= 11 is 0. The van der Waals surface area contributed by atoms with Crippen LogP contribution in [0.15, 0.2) is 18.2 Å². The molecular weight excluding hydrogens is 314 g/mol. The molecule has 1 N–H and O–H groups in total. The van der Waals surface area contributed by atoms with Crippen LogP contribution in [0.3, 0.4) is 0 Å². The highest BCUT2D eigenvalue weighted by atomic mass is 16.5. The van der Waals surface area contributed by atoms with Crippen molar-refractivity contribution in [1.29, 1.82) is 0 Å². The molecule has 3 rings (SSSR count). The highest BCUT2D eigenvalue weighted by Crippen LogP contribution is 2.33. The fourth-order valence-electron chi connectivity index (χ4n) is 3.86. The molecule has 1 atom stereocenters. The number of hydrogen-bond acceptors (Lipinski definition) is 5. The summed E-state index contributed by atoms with van der Waals surface area (Å²) in [7, 11) is 0. The van der Waals surface area contributed by atoms with Gasteiger partial charge in [-0.05, 0) is 25.8 Å². The van der Waals surface area contributed by atoms with Gasteiger partial charge < -0.3 is 14.8 Å². The Morgan fingerprint density at radius 3 is 2.72 bits per heavy atom. The molecule has 0 amide bonds. The zero-order valence-corrected chi connectivity index (χ0v) is 15.8. The first kappa shape index (κ1) is 18.5. The zero-order chi connectivity index (χ0) is 17.5. The molecule has 0 saturated carbocycles. The molecule has 0 spiro atoms. The normalized spacial score (nSPS) is 22.2. The smallest absolute Gasteiger partial charge is 0.165 e. The maximum Gasteiger partial charge on any atom is 0.165 e. The number of rotatable bonds is 8. The van der Waals surface area contributed by atoms with Crippen LogP contribution in [-0.4, -0.2) is 68.3 Å². The van der Waals surface area contributed by atoms with Gasteiger partial charge in [-0.1, -0.05) is 19.1 Å². The lowest BCUT2D eigenvalue weighted by Gasteiger charge is -2.32. The van der Waals surface area contributed by atoms with Crippen LogP contribution in [0.2, 0.25) is 0 Å². The molecule has 140 valence electrons. The molecule has 1 aromatic rings. The maximum absolute atomic E-state index is 6.05. The van der Waals surface area contributed by atoms with Crippen molar-refractivity contribution in [3.05, 3.63) is 23.8 Å². The number of para-hydroxylation sites is 1. The molecule has 0 aliphatic carbocycles. The number of nitrogens with one attached hydrogen (secondary N) is 1. The first-order valence-electron chi connectivity index (χ1n) is 9.86. The number of hydrogen-bond donors (Lipinski definition) is 1. The summed E-state index contributed by atoms with van der Waals surface area (Å²) in [4.78, 5) is 5.22. The average molecular weight is 348 g/mol. The lowest BCUT2D eigenvalue weighted by molar-refractivity contribution is 0.170. The molecule has 2 fully saturated rings. The van der Waals surface area contributed by atoms with Gasteiger partial charge in [0.2, 0.25) is 0 Å². The second-order valence-corrected chi connectivity index (χ2v) is 6.99. The molecule has 1 unspecified atom stereocenters. The minimum Gasteiger partial charge on any atom is -0.490 e. The van der Waals surface area contributed by atoms with Crippen molar-refractivity contribution in [2.75, 3.05) is 52.5 Å². The number of likely N-dealkylation sites (tertiary alicyclic amines) is 1. The molecule has 0 aromatic heterocycles. The zero-order valence-electron chi connectivity index (χ0n) is 15.8. The van der Waals surface area contributed by atoms with E-state index in [9.17, 15) is 0 Å². The third-order valence-electron chi connectivity index (χ3n) is 5.12. The molecule has 2 aliphatic heterocycles. The van der Waals surface area contributed by atoms with E-state index >= 15 is 0 Å². The van der Waals surface area contributed by atoms with E-state index in [4.69, 9.17) is 9.47 Å². The Bertz CT molecular complexity index is 532. The summed E-state index contributed by atoms with van der Waals surface area (Å²) in [5.74, 6) is 1.82. The van der Waals surface area contributed by atoms with E-state index in [2.05, 4.69) is 34.2 Å². The molecule has 5 heteroatoms. The van der Waals surface area contributed by atoms with Crippen LogP contribution in [0.5, 0.6) is 11.5 Å². The van der Waals surface area contributed by atoms with E-state index in [1.165, 1.54) is 31.6 Å². The minimum absolute atomic E-state index is 0.667. The molecule has 2 heterocycles. The van der Waals surface area contributed by atoms with Crippen LogP contribution in [0.1, 0.15) is 32.3 Å². The van der Waals surface area contributed by atoms with Crippen LogP contribution in [-0.2, 0) is 6.54 Å². The van der Waals surface area contributed by atoms with Gasteiger partial charge in [-0.2, -0.15) is 0 Å². The predicted molar refractivity (Wildman–Crippen MR) is 102 cm³/mol. The van der Waals surface area contributed by atoms with Crippen LogP contribution in [0.25, 0.3) is 0 Å². The van der Waals surface area contributed by atoms with Gasteiger partial charge in [-0.25, -0.2) is 0 Å². The van der Waals surface area contributed by atoms with Gasteiger partial charge in [-0.3, -0.25) is 9.80 Å². The summed E-state index contributed by atoms with van der Waals surface area (Å²) < 4.78 is 11.8. The summed E-state index contributed by atoms with van der Waals surface area (Å²) in [5.41, 5.74) is 1.25. The Labute approximate surface area is 152 Å². The van der Waals surface area contributed by atoms with Crippen molar-refractivity contribution < 1.29 is 9.47 Å². The standard InChI is InChI=1S/C20H33N3O2/c1-3-14-25-20-17(6-5-7-19(20)24-4-2)15-22-11-8-18(16-22)23-12-9-21-10-13-23/h5-7,18,21H,3-4,8-16H2,1-2H3. The second-order valence-electron chi connectivity index (χ2n) is 6.99. The van der Waals surface area contributed by atoms with E-state index in [1.807, 2.05) is 13.0 Å². The van der Waals surface area contributed by atoms with Crippen molar-refractivity contribution >= 4 is 0 Å². The number of piperazine rings is 1. The predicted octanol–water partition coefficient (Wildman–Crippen LogP) is 2.35. The van der Waals surface area contributed by atoms with E-state index in [-0.39, 0.29) is 0 Å². The van der Waals surface area contributed by atoms with Gasteiger partial charge >= 0.3 is 0 Å². The Hall–Kier alpha value is -1.30. The number of benzene rings is 1. The Kier molecular flexibility index (Phi) is 6.96. The van der Waals surface area contributed by atoms with Crippen molar-refractivity contribution in [2.24, 2.45) is 0 Å². The fraction of sp³-hybridized carbons (Fsp3) is 0.700. The maximum atomic E-state index is 6.05. The molecule has 1 aromatic carbocycles. The van der Waals surface area contributed by atoms with Crippen molar-refractivity contribution in [3.63, 3.8) is 0 Å². The highest BCUT2D eigenvalue weighted by molar-refractivity contribution is 5.46. The SMILES string of the molecule is CCCOc1c(CN2CCC(N3CCNCC3)C2)cccc1OCC. The lowest BCUT2D eigenvalue weighted by atomic mass is 10.1. The molecular formula is C20H33N3O2. The summed E-state index contributed by atoms with van der Waals surface area (Å²) in [6.45, 7) is 13.5. The van der Waals surface area contributed by atoms with Crippen LogP contribution < -0.4 is 14.8 Å². The average Bonchev–Trinajstić information content (AvgIpc) is 3.11. The van der Waals surface area contributed by atoms with E-state index in [0.717, 1.165) is 50.7 Å². The molecule has 2 saturated heterocycles. The van der Waals surface area contributed by atoms with E-state index in [0.29, 0.717) is 12.6 Å². The molecule has 25 heavy (non-hydrogen) atoms. The van der Waals surface area contributed by atoms with Gasteiger partial charge in [0.25, 0.3) is 0 Å². The van der Waals surface area contributed by atoms with Crippen LogP contribution in [0.4, 0.5) is 0 Å². The fourth-order valence-corrected chi connectivity index (χ4v) is 3.86. The monoisotopic (exact) mass is 347 g/mol. The first-order valence-corrected chi connectivity index (χ1v) is 9.86. The second kappa shape index (κ2) is 9.41. The van der Waals surface area contributed by atoms with Crippen molar-refractivity contribution in [3.8, 4) is 11.5 Å². The lowest BCUT2D eigenvalue weighted by Crippen LogP contribution is -2.49. The Balaban J connectivity index is 1.64. The summed E-state index contributed by atoms with van der Waals surface area (Å²) in [6, 6.07) is 7.00. The molecule has 0 radical (unpaired) electrons. The summed E-state index contributed by atoms with van der Waals surface area (Å²) in [6.07, 6.45) is 2.28. The molecule has 5 nitrogen and oxygen atoms in total. The minimum atomic E-state index is 0.667. The summed E-state index contributed by atoms with van der Waals surface area (Å²) in [5, 5.41) is 3.45. The number of nitrogens with zero attached hydrogens (tertiary/aromatic N) is 2. The Morgan fingerprint density at radius 1 is 1.12 bits per heavy atom. The van der Waals surface area contributed by atoms with Gasteiger partial charge in [0.1, 0.15) is 0 Å². The number of ether oxygens (including phenoxy) is 2. The van der Waals surface area contributed by atoms with Crippen LogP contribution >= 0.6 is 0 Å². The largest absolute Gasteiger partial charge is 0.490 e. The Morgan fingerprint density at radius 2 is 1.96 bits per heavy atom. The van der Waals surface area contributed by atoms with Gasteiger partial charge in [-0.15, -0.1) is 0 Å². The van der Waals surface area contributed by atoms with Gasteiger partial charge in [0.05, 0.1) is 13.2 Å². The van der Waals surface area contributed by atoms with Crippen LogP contribution in [0, 0.1) is 0 Å². The topological polar surface area (TPSA) is 37.0 Å². The van der Waals surface area contributed by atoms with E-state index in [1.54, 1.807) is 0 Å². The quantitative estimate of drug-likeness (QED) is 0.781. The van der Waals surface area contributed by atoms with Gasteiger partial charge in [0.15, 0.2) is 11.5 Å². The highest BCUT2D eigenvalue weighted by Gasteiger charge is 2.29. The van der Waals surface area contributed by atoms with Gasteiger partial charge in [0, 0.05) is 57.4 Å².